The molecule has 5 nitrogen and oxygen atoms in total. The van der Waals surface area contributed by atoms with Gasteiger partial charge in [-0.25, -0.2) is 0 Å². The molecule has 0 spiro atoms. The number of ether oxygens (including phenoxy) is 2. The lowest BCUT2D eigenvalue weighted by Gasteiger charge is -2.14. The Labute approximate surface area is 182 Å². The van der Waals surface area contributed by atoms with Gasteiger partial charge in [-0.1, -0.05) is 35.0 Å². The molecule has 1 fully saturated rings. The number of methoxy groups -OCH3 is 1. The average Bonchev–Trinajstić information content (AvgIpc) is 3.09. The first kappa shape index (κ1) is 20.8. The Morgan fingerprint density at radius 3 is 2.67 bits per heavy atom. The molecule has 1 aliphatic rings. The quantitative estimate of drug-likeness (QED) is 0.403. The molecular formula is C24H27ClN2O3. The summed E-state index contributed by atoms with van der Waals surface area (Å²) in [5.41, 5.74) is 6.77. The molecule has 158 valence electrons. The second kappa shape index (κ2) is 9.54. The zero-order valence-corrected chi connectivity index (χ0v) is 18.2. The summed E-state index contributed by atoms with van der Waals surface area (Å²) >= 11 is 6.45. The number of benzene rings is 2. The molecule has 2 heterocycles. The lowest BCUT2D eigenvalue weighted by Crippen LogP contribution is -2.15. The molecule has 0 amide bonds. The minimum Gasteiger partial charge on any atom is -0.496 e. The van der Waals surface area contributed by atoms with Crippen molar-refractivity contribution in [3.05, 3.63) is 63.8 Å². The SMILES string of the molecule is COc1ccc2[nH]c(C)c(CCON=C3CCOCC3)c2c1Cc1ccccc1Cl. The van der Waals surface area contributed by atoms with Crippen molar-refractivity contribution in [2.45, 2.75) is 32.6 Å². The van der Waals surface area contributed by atoms with Gasteiger partial charge in [0, 0.05) is 52.9 Å². The maximum Gasteiger partial charge on any atom is 0.123 e. The number of hydrogen-bond donors (Lipinski definition) is 1. The third-order valence-corrected chi connectivity index (χ3v) is 5.97. The monoisotopic (exact) mass is 426 g/mol. The van der Waals surface area contributed by atoms with Gasteiger partial charge >= 0.3 is 0 Å². The molecule has 1 aliphatic heterocycles. The van der Waals surface area contributed by atoms with Gasteiger partial charge in [0.1, 0.15) is 12.4 Å². The Balaban J connectivity index is 1.62. The maximum absolute atomic E-state index is 6.45. The second-order valence-electron chi connectivity index (χ2n) is 7.52. The Hall–Kier alpha value is -2.50. The normalized spacial score (nSPS) is 14.2. The van der Waals surface area contributed by atoms with Crippen LogP contribution in [0.4, 0.5) is 0 Å². The van der Waals surface area contributed by atoms with Gasteiger partial charge in [-0.05, 0) is 36.2 Å². The molecule has 1 saturated heterocycles. The van der Waals surface area contributed by atoms with Crippen LogP contribution in [0.15, 0.2) is 41.6 Å². The number of aryl methyl sites for hydroxylation is 1. The molecule has 2 aromatic carbocycles. The van der Waals surface area contributed by atoms with Crippen molar-refractivity contribution in [3.8, 4) is 5.75 Å². The predicted octanol–water partition coefficient (Wildman–Crippen LogP) is 5.45. The number of halogens is 1. The molecule has 0 unspecified atom stereocenters. The van der Waals surface area contributed by atoms with Crippen molar-refractivity contribution in [3.63, 3.8) is 0 Å². The van der Waals surface area contributed by atoms with E-state index in [9.17, 15) is 0 Å². The molecule has 6 heteroatoms. The zero-order valence-electron chi connectivity index (χ0n) is 17.5. The fourth-order valence-electron chi connectivity index (χ4n) is 4.04. The lowest BCUT2D eigenvalue weighted by molar-refractivity contribution is 0.119. The summed E-state index contributed by atoms with van der Waals surface area (Å²) < 4.78 is 11.1. The van der Waals surface area contributed by atoms with E-state index >= 15 is 0 Å². The highest BCUT2D eigenvalue weighted by Gasteiger charge is 2.18. The maximum atomic E-state index is 6.45. The standard InChI is InChI=1S/C24H27ClN2O3/c1-16-19(11-14-30-27-18-9-12-29-13-10-18)24-20(15-17-5-3-4-6-21(17)25)23(28-2)8-7-22(24)26-16/h3-8,26H,9-15H2,1-2H3. The first-order valence-corrected chi connectivity index (χ1v) is 10.7. The first-order valence-electron chi connectivity index (χ1n) is 10.3. The minimum absolute atomic E-state index is 0.529. The van der Waals surface area contributed by atoms with Crippen molar-refractivity contribution in [1.82, 2.24) is 4.98 Å². The van der Waals surface area contributed by atoms with E-state index in [-0.39, 0.29) is 0 Å². The fraction of sp³-hybridized carbons (Fsp3) is 0.375. The van der Waals surface area contributed by atoms with Gasteiger partial charge in [-0.15, -0.1) is 0 Å². The Bertz CT molecular complexity index is 1050. The van der Waals surface area contributed by atoms with Crippen LogP contribution in [-0.4, -0.2) is 37.6 Å². The van der Waals surface area contributed by atoms with E-state index in [1.165, 1.54) is 10.9 Å². The second-order valence-corrected chi connectivity index (χ2v) is 7.93. The Morgan fingerprint density at radius 1 is 1.10 bits per heavy atom. The summed E-state index contributed by atoms with van der Waals surface area (Å²) in [6.07, 6.45) is 3.17. The van der Waals surface area contributed by atoms with Gasteiger partial charge in [0.25, 0.3) is 0 Å². The van der Waals surface area contributed by atoms with Crippen LogP contribution in [0.1, 0.15) is 35.2 Å². The van der Waals surface area contributed by atoms with Crippen LogP contribution in [0.2, 0.25) is 5.02 Å². The van der Waals surface area contributed by atoms with Gasteiger partial charge < -0.3 is 19.3 Å². The van der Waals surface area contributed by atoms with E-state index in [0.717, 1.165) is 71.3 Å². The average molecular weight is 427 g/mol. The zero-order chi connectivity index (χ0) is 20.9. The van der Waals surface area contributed by atoms with Crippen LogP contribution < -0.4 is 4.74 Å². The lowest BCUT2D eigenvalue weighted by atomic mass is 9.96. The summed E-state index contributed by atoms with van der Waals surface area (Å²) in [6.45, 7) is 4.09. The molecule has 0 saturated carbocycles. The van der Waals surface area contributed by atoms with E-state index < -0.39 is 0 Å². The van der Waals surface area contributed by atoms with E-state index in [2.05, 4.69) is 29.2 Å². The highest BCUT2D eigenvalue weighted by Crippen LogP contribution is 2.35. The van der Waals surface area contributed by atoms with Crippen molar-refractivity contribution in [1.29, 1.82) is 0 Å². The Kier molecular flexibility index (Phi) is 6.60. The highest BCUT2D eigenvalue weighted by molar-refractivity contribution is 6.31. The molecule has 4 rings (SSSR count). The smallest absolute Gasteiger partial charge is 0.123 e. The molecule has 1 N–H and O–H groups in total. The van der Waals surface area contributed by atoms with E-state index in [1.807, 2.05) is 24.3 Å². The van der Waals surface area contributed by atoms with Crippen molar-refractivity contribution in [2.75, 3.05) is 26.9 Å². The van der Waals surface area contributed by atoms with E-state index in [1.54, 1.807) is 7.11 Å². The van der Waals surface area contributed by atoms with Crippen molar-refractivity contribution >= 4 is 28.2 Å². The van der Waals surface area contributed by atoms with Gasteiger partial charge in [0.15, 0.2) is 0 Å². The molecule has 0 radical (unpaired) electrons. The number of rotatable bonds is 7. The number of nitrogens with one attached hydrogen (secondary N) is 1. The number of nitrogens with zero attached hydrogens (tertiary/aromatic N) is 1. The summed E-state index contributed by atoms with van der Waals surface area (Å²) in [5, 5.41) is 6.27. The number of oxime groups is 1. The summed E-state index contributed by atoms with van der Waals surface area (Å²) in [7, 11) is 1.71. The largest absolute Gasteiger partial charge is 0.496 e. The van der Waals surface area contributed by atoms with Crippen LogP contribution >= 0.6 is 11.6 Å². The van der Waals surface area contributed by atoms with Gasteiger partial charge in [-0.2, -0.15) is 0 Å². The van der Waals surface area contributed by atoms with Gasteiger partial charge in [0.05, 0.1) is 26.0 Å². The van der Waals surface area contributed by atoms with Crippen LogP contribution in [0.5, 0.6) is 5.75 Å². The van der Waals surface area contributed by atoms with Crippen LogP contribution in [0.3, 0.4) is 0 Å². The molecule has 3 aromatic rings. The molecule has 1 aromatic heterocycles. The number of hydrogen-bond acceptors (Lipinski definition) is 4. The van der Waals surface area contributed by atoms with E-state index in [0.29, 0.717) is 13.0 Å². The number of fused-ring (bicyclic) bond motifs is 1. The van der Waals surface area contributed by atoms with Crippen molar-refractivity contribution < 1.29 is 14.3 Å². The molecular weight excluding hydrogens is 400 g/mol. The number of H-pyrrole nitrogens is 1. The van der Waals surface area contributed by atoms with Gasteiger partial charge in [0.2, 0.25) is 0 Å². The topological polar surface area (TPSA) is 55.8 Å². The predicted molar refractivity (Wildman–Crippen MR) is 121 cm³/mol. The summed E-state index contributed by atoms with van der Waals surface area (Å²) in [5.74, 6) is 0.867. The third kappa shape index (κ3) is 4.47. The number of aromatic nitrogens is 1. The van der Waals surface area contributed by atoms with Crippen LogP contribution in [-0.2, 0) is 22.4 Å². The summed E-state index contributed by atoms with van der Waals surface area (Å²) in [4.78, 5) is 9.16. The Morgan fingerprint density at radius 2 is 1.90 bits per heavy atom. The third-order valence-electron chi connectivity index (χ3n) is 5.60. The first-order chi connectivity index (χ1) is 14.7. The minimum atomic E-state index is 0.529. The molecule has 0 atom stereocenters. The number of aromatic amines is 1. The summed E-state index contributed by atoms with van der Waals surface area (Å²) in [6, 6.07) is 12.0. The van der Waals surface area contributed by atoms with Crippen LogP contribution in [0, 0.1) is 6.92 Å². The van der Waals surface area contributed by atoms with Gasteiger partial charge in [-0.3, -0.25) is 0 Å². The van der Waals surface area contributed by atoms with E-state index in [4.69, 9.17) is 25.9 Å². The molecule has 30 heavy (non-hydrogen) atoms. The molecule has 0 aliphatic carbocycles. The fourth-order valence-corrected chi connectivity index (χ4v) is 4.24. The molecule has 0 bridgehead atoms. The van der Waals surface area contributed by atoms with Crippen molar-refractivity contribution in [2.24, 2.45) is 5.16 Å². The van der Waals surface area contributed by atoms with Crippen LogP contribution in [0.25, 0.3) is 10.9 Å². The highest BCUT2D eigenvalue weighted by atomic mass is 35.5.